The molecule has 0 saturated carbocycles. The molecule has 5 heteroatoms. The van der Waals surface area contributed by atoms with E-state index >= 15 is 0 Å². The average molecular weight is 370 g/mol. The highest BCUT2D eigenvalue weighted by atomic mass is 79.9. The van der Waals surface area contributed by atoms with Gasteiger partial charge in [-0.3, -0.25) is 4.98 Å². The number of piperidine rings is 2. The van der Waals surface area contributed by atoms with Crippen LogP contribution in [-0.2, 0) is 0 Å². The molecule has 1 aromatic rings. The summed E-state index contributed by atoms with van der Waals surface area (Å²) >= 11 is 5.34. The number of aromatic nitrogens is 1. The summed E-state index contributed by atoms with van der Waals surface area (Å²) in [5.74, 6) is 0.931. The molecule has 0 spiro atoms. The molecule has 0 atom stereocenters. The maximum Gasteiger partial charge on any atom is 0.0425 e. The highest BCUT2D eigenvalue weighted by Gasteiger charge is 2.27. The maximum atomic E-state index is 4.24. The topological polar surface area (TPSA) is 19.4 Å². The second-order valence-electron chi connectivity index (χ2n) is 6.31. The van der Waals surface area contributed by atoms with Gasteiger partial charge in [-0.1, -0.05) is 6.92 Å². The first-order valence-electron chi connectivity index (χ1n) is 7.98. The van der Waals surface area contributed by atoms with Crippen LogP contribution in [0.3, 0.4) is 0 Å². The van der Waals surface area contributed by atoms with Gasteiger partial charge in [0.1, 0.15) is 0 Å². The molecule has 0 aliphatic carbocycles. The lowest BCUT2D eigenvalue weighted by Gasteiger charge is -2.41. The molecular formula is C16H24BrN3S. The van der Waals surface area contributed by atoms with E-state index in [2.05, 4.69) is 43.1 Å². The van der Waals surface area contributed by atoms with Crippen LogP contribution < -0.4 is 0 Å². The van der Waals surface area contributed by atoms with Crippen molar-refractivity contribution in [1.82, 2.24) is 14.2 Å². The van der Waals surface area contributed by atoms with Gasteiger partial charge >= 0.3 is 0 Å². The largest absolute Gasteiger partial charge is 0.300 e. The molecule has 0 radical (unpaired) electrons. The molecule has 1 aromatic heterocycles. The molecule has 2 aliphatic heterocycles. The summed E-state index contributed by atoms with van der Waals surface area (Å²) in [5.41, 5.74) is 0. The van der Waals surface area contributed by atoms with Gasteiger partial charge in [-0.05, 0) is 78.6 Å². The Morgan fingerprint density at radius 1 is 1.10 bits per heavy atom. The lowest BCUT2D eigenvalue weighted by atomic mass is 9.95. The number of nitrogens with zero attached hydrogens (tertiary/aromatic N) is 3. The molecule has 0 N–H and O–H groups in total. The second-order valence-corrected chi connectivity index (χ2v) is 8.39. The summed E-state index contributed by atoms with van der Waals surface area (Å²) in [6.45, 7) is 7.40. The Kier molecular flexibility index (Phi) is 5.60. The summed E-state index contributed by atoms with van der Waals surface area (Å²) in [5, 5.41) is 0. The summed E-state index contributed by atoms with van der Waals surface area (Å²) in [6, 6.07) is 2.96. The minimum atomic E-state index is 0.815. The minimum Gasteiger partial charge on any atom is -0.300 e. The first-order valence-corrected chi connectivity index (χ1v) is 9.55. The predicted octanol–water partition coefficient (Wildman–Crippen LogP) is 4.05. The zero-order chi connectivity index (χ0) is 14.7. The number of rotatable bonds is 3. The summed E-state index contributed by atoms with van der Waals surface area (Å²) < 4.78 is 3.55. The van der Waals surface area contributed by atoms with Crippen LogP contribution >= 0.6 is 27.9 Å². The van der Waals surface area contributed by atoms with Crippen LogP contribution in [0.2, 0.25) is 0 Å². The Labute approximate surface area is 140 Å². The maximum absolute atomic E-state index is 4.24. The molecule has 0 amide bonds. The average Bonchev–Trinajstić information content (AvgIpc) is 2.49. The third kappa shape index (κ3) is 4.44. The van der Waals surface area contributed by atoms with Gasteiger partial charge in [-0.25, -0.2) is 4.31 Å². The smallest absolute Gasteiger partial charge is 0.0425 e. The molecule has 2 saturated heterocycles. The van der Waals surface area contributed by atoms with Gasteiger partial charge in [-0.2, -0.15) is 0 Å². The molecule has 3 nitrogen and oxygen atoms in total. The van der Waals surface area contributed by atoms with Gasteiger partial charge in [0.25, 0.3) is 0 Å². The van der Waals surface area contributed by atoms with Crippen LogP contribution in [0.5, 0.6) is 0 Å². The van der Waals surface area contributed by atoms with Gasteiger partial charge < -0.3 is 4.90 Å². The van der Waals surface area contributed by atoms with Gasteiger partial charge in [-0.15, -0.1) is 0 Å². The third-order valence-corrected chi connectivity index (χ3v) is 6.16. The second kappa shape index (κ2) is 7.44. The predicted molar refractivity (Wildman–Crippen MR) is 92.4 cm³/mol. The number of likely N-dealkylation sites (tertiary alicyclic amines) is 1. The van der Waals surface area contributed by atoms with Crippen molar-refractivity contribution in [2.75, 3.05) is 26.2 Å². The normalized spacial score (nSPS) is 23.5. The highest BCUT2D eigenvalue weighted by molar-refractivity contribution is 9.10. The van der Waals surface area contributed by atoms with Gasteiger partial charge in [0.15, 0.2) is 0 Å². The number of hydrogen-bond donors (Lipinski definition) is 0. The van der Waals surface area contributed by atoms with Crippen LogP contribution in [0.15, 0.2) is 27.8 Å². The molecule has 3 heterocycles. The van der Waals surface area contributed by atoms with E-state index in [-0.39, 0.29) is 0 Å². The lowest BCUT2D eigenvalue weighted by Crippen LogP contribution is -2.46. The van der Waals surface area contributed by atoms with Crippen LogP contribution in [0.1, 0.15) is 32.6 Å². The van der Waals surface area contributed by atoms with Gasteiger partial charge in [0.2, 0.25) is 0 Å². The number of pyridine rings is 1. The standard InChI is InChI=1S/C16H24BrN3S/c1-13-2-6-19(7-3-13)15-4-8-20(9-5-15)21-16-10-14(17)11-18-12-16/h10-13,15H,2-9H2,1H3. The molecule has 3 rings (SSSR count). The Balaban J connectivity index is 1.47. The fraction of sp³-hybridized carbons (Fsp3) is 0.688. The first kappa shape index (κ1) is 15.8. The number of halogens is 1. The fourth-order valence-corrected chi connectivity index (χ4v) is 4.78. The van der Waals surface area contributed by atoms with Crippen LogP contribution in [0, 0.1) is 5.92 Å². The van der Waals surface area contributed by atoms with E-state index < -0.39 is 0 Å². The fourth-order valence-electron chi connectivity index (χ4n) is 3.28. The van der Waals surface area contributed by atoms with Crippen molar-refractivity contribution in [1.29, 1.82) is 0 Å². The summed E-state index contributed by atoms with van der Waals surface area (Å²) in [6.07, 6.45) is 9.18. The van der Waals surface area contributed by atoms with Crippen LogP contribution in [0.25, 0.3) is 0 Å². The van der Waals surface area contributed by atoms with E-state index in [4.69, 9.17) is 0 Å². The monoisotopic (exact) mass is 369 g/mol. The van der Waals surface area contributed by atoms with Crippen molar-refractivity contribution >= 4 is 27.9 Å². The van der Waals surface area contributed by atoms with E-state index in [1.807, 2.05) is 24.3 Å². The van der Waals surface area contributed by atoms with Crippen molar-refractivity contribution in [3.05, 3.63) is 22.9 Å². The van der Waals surface area contributed by atoms with Gasteiger partial charge in [0, 0.05) is 40.9 Å². The van der Waals surface area contributed by atoms with Crippen LogP contribution in [0.4, 0.5) is 0 Å². The molecule has 116 valence electrons. The Morgan fingerprint density at radius 2 is 1.81 bits per heavy atom. The zero-order valence-electron chi connectivity index (χ0n) is 12.7. The van der Waals surface area contributed by atoms with E-state index in [1.54, 1.807) is 0 Å². The highest BCUT2D eigenvalue weighted by Crippen LogP contribution is 2.30. The van der Waals surface area contributed by atoms with E-state index in [1.165, 1.54) is 56.8 Å². The molecule has 0 bridgehead atoms. The van der Waals surface area contributed by atoms with Crippen molar-refractivity contribution in [3.8, 4) is 0 Å². The zero-order valence-corrected chi connectivity index (χ0v) is 15.1. The Morgan fingerprint density at radius 3 is 2.48 bits per heavy atom. The molecule has 0 unspecified atom stereocenters. The summed E-state index contributed by atoms with van der Waals surface area (Å²) in [4.78, 5) is 8.21. The Hall–Kier alpha value is -0.100. The molecule has 2 fully saturated rings. The van der Waals surface area contributed by atoms with E-state index in [9.17, 15) is 0 Å². The molecular weight excluding hydrogens is 346 g/mol. The SMILES string of the molecule is CC1CCN(C2CCN(Sc3cncc(Br)c3)CC2)CC1. The van der Waals surface area contributed by atoms with Crippen LogP contribution in [-0.4, -0.2) is 46.4 Å². The Bertz CT molecular complexity index is 455. The van der Waals surface area contributed by atoms with E-state index in [0.29, 0.717) is 0 Å². The van der Waals surface area contributed by atoms with Gasteiger partial charge in [0.05, 0.1) is 0 Å². The lowest BCUT2D eigenvalue weighted by molar-refractivity contribution is 0.103. The van der Waals surface area contributed by atoms with E-state index in [0.717, 1.165) is 16.4 Å². The van der Waals surface area contributed by atoms with Crippen molar-refractivity contribution in [2.45, 2.75) is 43.5 Å². The van der Waals surface area contributed by atoms with Crippen molar-refractivity contribution in [3.63, 3.8) is 0 Å². The molecule has 2 aliphatic rings. The quantitative estimate of drug-likeness (QED) is 0.748. The third-order valence-electron chi connectivity index (χ3n) is 4.67. The van der Waals surface area contributed by atoms with Crippen molar-refractivity contribution < 1.29 is 0 Å². The summed E-state index contributed by atoms with van der Waals surface area (Å²) in [7, 11) is 0. The minimum absolute atomic E-state index is 0.815. The molecule has 0 aromatic carbocycles. The first-order chi connectivity index (χ1) is 10.2. The molecule has 21 heavy (non-hydrogen) atoms. The van der Waals surface area contributed by atoms with Crippen molar-refractivity contribution in [2.24, 2.45) is 5.92 Å². The number of hydrogen-bond acceptors (Lipinski definition) is 4.